The number of nitrogens with one attached hydrogen (secondary N) is 1. The van der Waals surface area contributed by atoms with Gasteiger partial charge in [-0.3, -0.25) is 15.1 Å². The Morgan fingerprint density at radius 2 is 2.26 bits per heavy atom. The maximum Gasteiger partial charge on any atom is 0.268 e. The van der Waals surface area contributed by atoms with Gasteiger partial charge in [-0.05, 0) is 32.4 Å². The summed E-state index contributed by atoms with van der Waals surface area (Å²) in [6.45, 7) is 8.19. The van der Waals surface area contributed by atoms with Crippen molar-refractivity contribution >= 4 is 5.91 Å². The number of nitrogens with two attached hydrogens (primary N) is 1. The quantitative estimate of drug-likeness (QED) is 0.430. The molecule has 0 aliphatic carbocycles. The van der Waals surface area contributed by atoms with Crippen LogP contribution in [0.15, 0.2) is 16.7 Å². The predicted molar refractivity (Wildman–Crippen MR) is 75.4 cm³/mol. The third-order valence-electron chi connectivity index (χ3n) is 3.48. The van der Waals surface area contributed by atoms with E-state index in [0.29, 0.717) is 23.9 Å². The molecule has 1 rings (SSSR count). The summed E-state index contributed by atoms with van der Waals surface area (Å²) in [5.74, 6) is 5.55. The van der Waals surface area contributed by atoms with Crippen LogP contribution in [-0.4, -0.2) is 23.4 Å². The van der Waals surface area contributed by atoms with E-state index in [1.54, 1.807) is 6.07 Å². The fourth-order valence-electron chi connectivity index (χ4n) is 2.00. The number of hydrogen-bond acceptors (Lipinski definition) is 4. The fourth-order valence-corrected chi connectivity index (χ4v) is 2.00. The standard InChI is InChI=1S/C14H25N3O2/c1-4-6-8-17(11(3)5-2)10-13-12(7-9-19-13)14(18)16-15/h7,9,11H,4-6,8,10,15H2,1-3H3,(H,16,18). The van der Waals surface area contributed by atoms with Crippen LogP contribution in [-0.2, 0) is 6.54 Å². The van der Waals surface area contributed by atoms with E-state index in [1.807, 2.05) is 0 Å². The van der Waals surface area contributed by atoms with Crippen molar-refractivity contribution in [2.75, 3.05) is 6.54 Å². The van der Waals surface area contributed by atoms with Gasteiger partial charge in [0.05, 0.1) is 18.4 Å². The summed E-state index contributed by atoms with van der Waals surface area (Å²) >= 11 is 0. The fraction of sp³-hybridized carbons (Fsp3) is 0.643. The van der Waals surface area contributed by atoms with Crippen molar-refractivity contribution in [3.8, 4) is 0 Å². The van der Waals surface area contributed by atoms with Crippen LogP contribution >= 0.6 is 0 Å². The minimum Gasteiger partial charge on any atom is -0.467 e. The Bertz CT molecular complexity index is 390. The summed E-state index contributed by atoms with van der Waals surface area (Å²) in [5, 5.41) is 0. The molecule has 5 heteroatoms. The highest BCUT2D eigenvalue weighted by Crippen LogP contribution is 2.16. The van der Waals surface area contributed by atoms with E-state index in [4.69, 9.17) is 10.3 Å². The monoisotopic (exact) mass is 267 g/mol. The Morgan fingerprint density at radius 1 is 1.53 bits per heavy atom. The molecule has 0 saturated heterocycles. The summed E-state index contributed by atoms with van der Waals surface area (Å²) in [6, 6.07) is 2.12. The Hall–Kier alpha value is -1.33. The van der Waals surface area contributed by atoms with E-state index in [9.17, 15) is 4.79 Å². The van der Waals surface area contributed by atoms with Crippen molar-refractivity contribution in [2.24, 2.45) is 5.84 Å². The van der Waals surface area contributed by atoms with Crippen LogP contribution < -0.4 is 11.3 Å². The van der Waals surface area contributed by atoms with Gasteiger partial charge in [0, 0.05) is 6.04 Å². The smallest absolute Gasteiger partial charge is 0.268 e. The molecule has 1 heterocycles. The van der Waals surface area contributed by atoms with Gasteiger partial charge in [-0.15, -0.1) is 0 Å². The molecule has 5 nitrogen and oxygen atoms in total. The zero-order chi connectivity index (χ0) is 14.3. The second-order valence-electron chi connectivity index (χ2n) is 4.81. The van der Waals surface area contributed by atoms with Gasteiger partial charge < -0.3 is 4.42 Å². The zero-order valence-electron chi connectivity index (χ0n) is 12.1. The molecule has 1 atom stereocenters. The second-order valence-corrected chi connectivity index (χ2v) is 4.81. The maximum atomic E-state index is 11.6. The lowest BCUT2D eigenvalue weighted by atomic mass is 10.1. The van der Waals surface area contributed by atoms with E-state index in [-0.39, 0.29) is 5.91 Å². The number of carbonyl (C=O) groups excluding carboxylic acids is 1. The number of carbonyl (C=O) groups is 1. The van der Waals surface area contributed by atoms with Crippen LogP contribution in [0.25, 0.3) is 0 Å². The molecule has 0 bridgehead atoms. The summed E-state index contributed by atoms with van der Waals surface area (Å²) in [7, 11) is 0. The molecule has 0 aromatic carbocycles. The SMILES string of the molecule is CCCCN(Cc1occc1C(=O)NN)C(C)CC. The first kappa shape index (κ1) is 15.7. The number of hydrogen-bond donors (Lipinski definition) is 2. The van der Waals surface area contributed by atoms with Crippen molar-refractivity contribution in [2.45, 2.75) is 52.6 Å². The van der Waals surface area contributed by atoms with Gasteiger partial charge in [0.1, 0.15) is 5.76 Å². The van der Waals surface area contributed by atoms with Crippen molar-refractivity contribution in [3.63, 3.8) is 0 Å². The van der Waals surface area contributed by atoms with Crippen LogP contribution in [0.5, 0.6) is 0 Å². The van der Waals surface area contributed by atoms with Crippen molar-refractivity contribution in [3.05, 3.63) is 23.7 Å². The van der Waals surface area contributed by atoms with Gasteiger partial charge in [-0.2, -0.15) is 0 Å². The van der Waals surface area contributed by atoms with Crippen LogP contribution in [0, 0.1) is 0 Å². The highest BCUT2D eigenvalue weighted by atomic mass is 16.3. The molecular weight excluding hydrogens is 242 g/mol. The van der Waals surface area contributed by atoms with Gasteiger partial charge in [-0.25, -0.2) is 5.84 Å². The number of amides is 1. The third kappa shape index (κ3) is 4.36. The molecule has 1 unspecified atom stereocenters. The molecule has 3 N–H and O–H groups in total. The molecule has 0 saturated carbocycles. The number of nitrogens with zero attached hydrogens (tertiary/aromatic N) is 1. The molecule has 19 heavy (non-hydrogen) atoms. The Morgan fingerprint density at radius 3 is 2.84 bits per heavy atom. The van der Waals surface area contributed by atoms with Crippen LogP contribution in [0.2, 0.25) is 0 Å². The van der Waals surface area contributed by atoms with Crippen molar-refractivity contribution in [1.82, 2.24) is 10.3 Å². The van der Waals surface area contributed by atoms with E-state index in [1.165, 1.54) is 6.26 Å². The Labute approximate surface area is 115 Å². The van der Waals surface area contributed by atoms with Gasteiger partial charge in [0.15, 0.2) is 0 Å². The second kappa shape index (κ2) is 7.96. The largest absolute Gasteiger partial charge is 0.467 e. The van der Waals surface area contributed by atoms with Crippen molar-refractivity contribution < 1.29 is 9.21 Å². The molecule has 1 amide bonds. The number of furan rings is 1. The summed E-state index contributed by atoms with van der Waals surface area (Å²) in [5.41, 5.74) is 2.67. The van der Waals surface area contributed by atoms with Crippen LogP contribution in [0.3, 0.4) is 0 Å². The number of hydrazine groups is 1. The van der Waals surface area contributed by atoms with E-state index < -0.39 is 0 Å². The maximum absolute atomic E-state index is 11.6. The van der Waals surface area contributed by atoms with Gasteiger partial charge in [0.2, 0.25) is 0 Å². The summed E-state index contributed by atoms with van der Waals surface area (Å²) < 4.78 is 5.43. The van der Waals surface area contributed by atoms with Crippen LogP contribution in [0.4, 0.5) is 0 Å². The van der Waals surface area contributed by atoms with Gasteiger partial charge in [-0.1, -0.05) is 20.3 Å². The number of rotatable bonds is 8. The molecule has 0 spiro atoms. The molecule has 1 aromatic heterocycles. The highest BCUT2D eigenvalue weighted by molar-refractivity contribution is 5.94. The van der Waals surface area contributed by atoms with E-state index in [0.717, 1.165) is 25.8 Å². The molecule has 0 radical (unpaired) electrons. The zero-order valence-corrected chi connectivity index (χ0v) is 12.1. The summed E-state index contributed by atoms with van der Waals surface area (Å²) in [6.07, 6.45) is 4.90. The lowest BCUT2D eigenvalue weighted by molar-refractivity contribution is 0.0948. The molecular formula is C14H25N3O2. The molecule has 0 aliphatic rings. The summed E-state index contributed by atoms with van der Waals surface area (Å²) in [4.78, 5) is 14.0. The first-order valence-corrected chi connectivity index (χ1v) is 6.95. The van der Waals surface area contributed by atoms with Gasteiger partial charge >= 0.3 is 0 Å². The molecule has 0 aliphatic heterocycles. The first-order valence-electron chi connectivity index (χ1n) is 6.95. The normalized spacial score (nSPS) is 12.7. The van der Waals surface area contributed by atoms with E-state index >= 15 is 0 Å². The number of unbranched alkanes of at least 4 members (excludes halogenated alkanes) is 1. The van der Waals surface area contributed by atoms with Crippen molar-refractivity contribution in [1.29, 1.82) is 0 Å². The molecule has 1 aromatic rings. The first-order chi connectivity index (χ1) is 9.13. The Kier molecular flexibility index (Phi) is 6.59. The third-order valence-corrected chi connectivity index (χ3v) is 3.48. The lowest BCUT2D eigenvalue weighted by Gasteiger charge is -2.27. The highest BCUT2D eigenvalue weighted by Gasteiger charge is 2.19. The minimum absolute atomic E-state index is 0.302. The average Bonchev–Trinajstić information content (AvgIpc) is 2.89. The average molecular weight is 267 g/mol. The molecule has 0 fully saturated rings. The lowest BCUT2D eigenvalue weighted by Crippen LogP contribution is -2.35. The van der Waals surface area contributed by atoms with Crippen LogP contribution in [0.1, 0.15) is 56.2 Å². The number of nitrogen functional groups attached to an aromatic ring is 1. The van der Waals surface area contributed by atoms with E-state index in [2.05, 4.69) is 31.1 Å². The molecule has 108 valence electrons. The Balaban J connectivity index is 2.78. The predicted octanol–water partition coefficient (Wildman–Crippen LogP) is 2.28. The minimum atomic E-state index is -0.302. The topological polar surface area (TPSA) is 71.5 Å². The van der Waals surface area contributed by atoms with Gasteiger partial charge in [0.25, 0.3) is 5.91 Å².